The highest BCUT2D eigenvalue weighted by atomic mass is 32.2. The van der Waals surface area contributed by atoms with Crippen LogP contribution in [0.1, 0.15) is 35.2 Å². The predicted molar refractivity (Wildman–Crippen MR) is 82.4 cm³/mol. The van der Waals surface area contributed by atoms with Gasteiger partial charge in [-0.05, 0) is 30.9 Å². The molecule has 0 aromatic heterocycles. The van der Waals surface area contributed by atoms with Crippen molar-refractivity contribution in [3.05, 3.63) is 35.4 Å². The lowest BCUT2D eigenvalue weighted by Crippen LogP contribution is -2.48. The third-order valence-corrected chi connectivity index (χ3v) is 5.68. The van der Waals surface area contributed by atoms with Crippen molar-refractivity contribution in [2.24, 2.45) is 0 Å². The predicted octanol–water partition coefficient (Wildman–Crippen LogP) is 1.24. The van der Waals surface area contributed by atoms with Gasteiger partial charge in [0.15, 0.2) is 0 Å². The summed E-state index contributed by atoms with van der Waals surface area (Å²) in [6.45, 7) is 0.180. The minimum Gasteiger partial charge on any atom is -0.480 e. The van der Waals surface area contributed by atoms with Gasteiger partial charge in [0.2, 0.25) is 10.0 Å². The van der Waals surface area contributed by atoms with E-state index in [1.807, 2.05) is 0 Å². The summed E-state index contributed by atoms with van der Waals surface area (Å²) in [7, 11) is -2.63. The molecule has 1 N–H and O–H groups in total. The zero-order valence-corrected chi connectivity index (χ0v) is 13.6. The van der Waals surface area contributed by atoms with Crippen LogP contribution < -0.4 is 0 Å². The maximum Gasteiger partial charge on any atom is 0.338 e. The number of aliphatic carboxylic acids is 1. The number of carbonyl (C=O) groups excluding carboxylic acids is 1. The first-order chi connectivity index (χ1) is 10.9. The van der Waals surface area contributed by atoms with E-state index in [0.29, 0.717) is 24.8 Å². The summed E-state index contributed by atoms with van der Waals surface area (Å²) in [6.07, 6.45) is 1.61. The molecule has 0 aliphatic carbocycles. The second-order valence-electron chi connectivity index (χ2n) is 5.37. The first-order valence-corrected chi connectivity index (χ1v) is 8.86. The molecule has 1 aromatic rings. The molecule has 0 spiro atoms. The Morgan fingerprint density at radius 1 is 1.30 bits per heavy atom. The van der Waals surface area contributed by atoms with Crippen molar-refractivity contribution in [1.82, 2.24) is 4.31 Å². The van der Waals surface area contributed by atoms with Crippen LogP contribution in [0.3, 0.4) is 0 Å². The summed E-state index contributed by atoms with van der Waals surface area (Å²) in [4.78, 5) is 23.0. The van der Waals surface area contributed by atoms with Crippen molar-refractivity contribution >= 4 is 22.0 Å². The number of hydrogen-bond acceptors (Lipinski definition) is 5. The van der Waals surface area contributed by atoms with Crippen LogP contribution in [0.15, 0.2) is 24.3 Å². The van der Waals surface area contributed by atoms with Crippen LogP contribution >= 0.6 is 0 Å². The Morgan fingerprint density at radius 3 is 2.65 bits per heavy atom. The van der Waals surface area contributed by atoms with Gasteiger partial charge in [0.25, 0.3) is 0 Å². The summed E-state index contributed by atoms with van der Waals surface area (Å²) in [6, 6.07) is 5.22. The van der Waals surface area contributed by atoms with E-state index in [2.05, 4.69) is 4.74 Å². The first kappa shape index (κ1) is 17.4. The number of benzene rings is 1. The largest absolute Gasteiger partial charge is 0.480 e. The molecule has 0 saturated carbocycles. The van der Waals surface area contributed by atoms with Gasteiger partial charge >= 0.3 is 11.9 Å². The topological polar surface area (TPSA) is 101 Å². The second kappa shape index (κ2) is 7.10. The average molecular weight is 341 g/mol. The lowest BCUT2D eigenvalue weighted by molar-refractivity contribution is -0.142. The van der Waals surface area contributed by atoms with Gasteiger partial charge in [-0.3, -0.25) is 4.79 Å². The van der Waals surface area contributed by atoms with Crippen LogP contribution in [0, 0.1) is 0 Å². The van der Waals surface area contributed by atoms with E-state index in [4.69, 9.17) is 0 Å². The molecule has 1 aliphatic heterocycles. The third kappa shape index (κ3) is 3.89. The highest BCUT2D eigenvalue weighted by molar-refractivity contribution is 7.88. The van der Waals surface area contributed by atoms with Crippen molar-refractivity contribution < 1.29 is 27.9 Å². The molecule has 0 amide bonds. The molecular weight excluding hydrogens is 322 g/mol. The Morgan fingerprint density at radius 2 is 2.00 bits per heavy atom. The molecular formula is C15H19NO6S. The molecule has 2 rings (SSSR count). The molecule has 1 aliphatic rings. The maximum absolute atomic E-state index is 12.6. The van der Waals surface area contributed by atoms with E-state index in [9.17, 15) is 23.1 Å². The molecule has 1 heterocycles. The van der Waals surface area contributed by atoms with Crippen molar-refractivity contribution in [3.63, 3.8) is 0 Å². The number of carbonyl (C=O) groups is 2. The van der Waals surface area contributed by atoms with Crippen molar-refractivity contribution in [2.75, 3.05) is 13.7 Å². The summed E-state index contributed by atoms with van der Waals surface area (Å²) in [5.74, 6) is -2.19. The fourth-order valence-electron chi connectivity index (χ4n) is 2.72. The molecule has 1 aromatic carbocycles. The quantitative estimate of drug-likeness (QED) is 0.809. The molecule has 1 fully saturated rings. The highest BCUT2D eigenvalue weighted by Crippen LogP contribution is 2.24. The number of nitrogens with zero attached hydrogens (tertiary/aromatic N) is 1. The molecule has 8 heteroatoms. The van der Waals surface area contributed by atoms with Gasteiger partial charge in [0, 0.05) is 6.54 Å². The van der Waals surface area contributed by atoms with E-state index in [-0.39, 0.29) is 12.1 Å². The van der Waals surface area contributed by atoms with Crippen LogP contribution in [0.2, 0.25) is 0 Å². The number of esters is 1. The number of ether oxygens (including phenoxy) is 1. The Hall–Kier alpha value is -1.93. The molecule has 0 bridgehead atoms. The average Bonchev–Trinajstić information content (AvgIpc) is 2.54. The van der Waals surface area contributed by atoms with E-state index in [1.54, 1.807) is 12.1 Å². The molecule has 126 valence electrons. The SMILES string of the molecule is COC(=O)c1ccccc1CS(=O)(=O)N1CCCCC1C(=O)O. The zero-order valence-electron chi connectivity index (χ0n) is 12.8. The smallest absolute Gasteiger partial charge is 0.338 e. The molecule has 23 heavy (non-hydrogen) atoms. The minimum absolute atomic E-state index is 0.169. The Kier molecular flexibility index (Phi) is 5.38. The van der Waals surface area contributed by atoms with Gasteiger partial charge in [-0.15, -0.1) is 0 Å². The van der Waals surface area contributed by atoms with E-state index < -0.39 is 33.8 Å². The highest BCUT2D eigenvalue weighted by Gasteiger charge is 2.37. The Balaban J connectivity index is 2.31. The first-order valence-electron chi connectivity index (χ1n) is 7.25. The van der Waals surface area contributed by atoms with Crippen LogP contribution in [-0.2, 0) is 25.3 Å². The third-order valence-electron chi connectivity index (χ3n) is 3.86. The van der Waals surface area contributed by atoms with Gasteiger partial charge in [0.05, 0.1) is 18.4 Å². The normalized spacial score (nSPS) is 19.3. The van der Waals surface area contributed by atoms with Crippen LogP contribution in [-0.4, -0.2) is 49.5 Å². The summed E-state index contributed by atoms with van der Waals surface area (Å²) < 4.78 is 31.0. The molecule has 0 radical (unpaired) electrons. The number of carboxylic acid groups (broad SMARTS) is 1. The van der Waals surface area contributed by atoms with Gasteiger partial charge in [-0.2, -0.15) is 4.31 Å². The van der Waals surface area contributed by atoms with Crippen LogP contribution in [0.25, 0.3) is 0 Å². The van der Waals surface area contributed by atoms with Crippen LogP contribution in [0.4, 0.5) is 0 Å². The summed E-state index contributed by atoms with van der Waals surface area (Å²) >= 11 is 0. The molecule has 1 saturated heterocycles. The lowest BCUT2D eigenvalue weighted by atomic mass is 10.1. The van der Waals surface area contributed by atoms with Gasteiger partial charge < -0.3 is 9.84 Å². The standard InChI is InChI=1S/C15H19NO6S/c1-22-15(19)12-7-3-2-6-11(12)10-23(20,21)16-9-5-4-8-13(16)14(17)18/h2-3,6-7,13H,4-5,8-10H2,1H3,(H,17,18). The minimum atomic E-state index is -3.85. The Labute approximate surface area is 134 Å². The summed E-state index contributed by atoms with van der Waals surface area (Å²) in [5, 5.41) is 9.24. The second-order valence-corrected chi connectivity index (χ2v) is 7.29. The Bertz CT molecular complexity index is 700. The fraction of sp³-hybridized carbons (Fsp3) is 0.467. The van der Waals surface area contributed by atoms with Crippen molar-refractivity contribution in [2.45, 2.75) is 31.1 Å². The lowest BCUT2D eigenvalue weighted by Gasteiger charge is -2.32. The molecule has 1 unspecified atom stereocenters. The fourth-order valence-corrected chi connectivity index (χ4v) is 4.52. The number of piperidine rings is 1. The van der Waals surface area contributed by atoms with Gasteiger partial charge in [-0.1, -0.05) is 18.2 Å². The van der Waals surface area contributed by atoms with E-state index >= 15 is 0 Å². The van der Waals surface area contributed by atoms with Gasteiger partial charge in [-0.25, -0.2) is 13.2 Å². The van der Waals surface area contributed by atoms with Crippen LogP contribution in [0.5, 0.6) is 0 Å². The van der Waals surface area contributed by atoms with E-state index in [0.717, 1.165) is 4.31 Å². The number of carboxylic acids is 1. The number of sulfonamides is 1. The zero-order chi connectivity index (χ0) is 17.0. The maximum atomic E-state index is 12.6. The number of methoxy groups -OCH3 is 1. The van der Waals surface area contributed by atoms with Crippen molar-refractivity contribution in [1.29, 1.82) is 0 Å². The van der Waals surface area contributed by atoms with E-state index in [1.165, 1.54) is 19.2 Å². The molecule has 1 atom stereocenters. The monoisotopic (exact) mass is 341 g/mol. The number of hydrogen-bond donors (Lipinski definition) is 1. The summed E-state index contributed by atoms with van der Waals surface area (Å²) in [5.41, 5.74) is 0.469. The van der Waals surface area contributed by atoms with Crippen molar-refractivity contribution in [3.8, 4) is 0 Å². The molecule has 7 nitrogen and oxygen atoms in total. The van der Waals surface area contributed by atoms with Gasteiger partial charge in [0.1, 0.15) is 6.04 Å². The number of rotatable bonds is 5.